The van der Waals surface area contributed by atoms with Crippen LogP contribution < -0.4 is 5.32 Å². The van der Waals surface area contributed by atoms with Crippen molar-refractivity contribution < 1.29 is 22.3 Å². The summed E-state index contributed by atoms with van der Waals surface area (Å²) in [5, 5.41) is 3.12. The van der Waals surface area contributed by atoms with E-state index in [1.165, 1.54) is 0 Å². The smallest absolute Gasteiger partial charge is 0.411 e. The molecule has 1 aromatic rings. The molecule has 1 aromatic heterocycles. The molecule has 1 heterocycles. The van der Waals surface area contributed by atoms with E-state index in [1.54, 1.807) is 6.07 Å². The number of hydrogen-bond donors (Lipinski definition) is 1. The monoisotopic (exact) mass is 279 g/mol. The van der Waals surface area contributed by atoms with Crippen molar-refractivity contribution in [2.24, 2.45) is 0 Å². The standard InChI is InChI=1S/C13H20F3NO2/c1-3-7-17-11(8-18-9-13(14,15)16)12-6-5-10(4-2)19-12/h5-6,11,17H,3-4,7-9H2,1-2H3. The van der Waals surface area contributed by atoms with E-state index in [0.717, 1.165) is 18.6 Å². The van der Waals surface area contributed by atoms with Gasteiger partial charge in [-0.1, -0.05) is 13.8 Å². The number of halogens is 3. The minimum Gasteiger partial charge on any atom is -0.464 e. The van der Waals surface area contributed by atoms with Crippen LogP contribution in [0.3, 0.4) is 0 Å². The number of hydrogen-bond acceptors (Lipinski definition) is 3. The minimum atomic E-state index is -4.30. The average Bonchev–Trinajstić information content (AvgIpc) is 2.80. The summed E-state index contributed by atoms with van der Waals surface area (Å²) in [5.41, 5.74) is 0. The van der Waals surface area contributed by atoms with Gasteiger partial charge < -0.3 is 14.5 Å². The fourth-order valence-electron chi connectivity index (χ4n) is 1.62. The van der Waals surface area contributed by atoms with E-state index < -0.39 is 12.8 Å². The Kier molecular flexibility index (Phi) is 6.37. The molecule has 0 radical (unpaired) electrons. The first-order chi connectivity index (χ1) is 8.96. The lowest BCUT2D eigenvalue weighted by Gasteiger charge is -2.17. The molecule has 1 N–H and O–H groups in total. The van der Waals surface area contributed by atoms with Crippen LogP contribution in [0.5, 0.6) is 0 Å². The molecule has 1 unspecified atom stereocenters. The first-order valence-electron chi connectivity index (χ1n) is 6.42. The summed E-state index contributed by atoms with van der Waals surface area (Å²) >= 11 is 0. The maximum Gasteiger partial charge on any atom is 0.411 e. The number of alkyl halides is 3. The van der Waals surface area contributed by atoms with Gasteiger partial charge in [-0.2, -0.15) is 13.2 Å². The summed E-state index contributed by atoms with van der Waals surface area (Å²) in [5.74, 6) is 1.43. The summed E-state index contributed by atoms with van der Waals surface area (Å²) in [4.78, 5) is 0. The first-order valence-corrected chi connectivity index (χ1v) is 6.42. The fraction of sp³-hybridized carbons (Fsp3) is 0.692. The van der Waals surface area contributed by atoms with Gasteiger partial charge in [0.25, 0.3) is 0 Å². The van der Waals surface area contributed by atoms with Gasteiger partial charge >= 0.3 is 6.18 Å². The van der Waals surface area contributed by atoms with Crippen LogP contribution in [-0.4, -0.2) is 25.9 Å². The largest absolute Gasteiger partial charge is 0.464 e. The number of nitrogens with one attached hydrogen (secondary N) is 1. The van der Waals surface area contributed by atoms with Crippen LogP contribution in [0.25, 0.3) is 0 Å². The van der Waals surface area contributed by atoms with Gasteiger partial charge in [-0.15, -0.1) is 0 Å². The molecule has 0 spiro atoms. The van der Waals surface area contributed by atoms with Crippen molar-refractivity contribution >= 4 is 0 Å². The van der Waals surface area contributed by atoms with Crippen molar-refractivity contribution in [3.63, 3.8) is 0 Å². The molecule has 19 heavy (non-hydrogen) atoms. The predicted octanol–water partition coefficient (Wildman–Crippen LogP) is 3.46. The highest BCUT2D eigenvalue weighted by atomic mass is 19.4. The Hall–Kier alpha value is -1.01. The molecular formula is C13H20F3NO2. The summed E-state index contributed by atoms with van der Waals surface area (Å²) in [7, 11) is 0. The van der Waals surface area contributed by atoms with Crippen molar-refractivity contribution in [1.29, 1.82) is 0 Å². The van der Waals surface area contributed by atoms with E-state index in [2.05, 4.69) is 5.32 Å². The first kappa shape index (κ1) is 16.0. The summed E-state index contributed by atoms with van der Waals surface area (Å²) in [6.07, 6.45) is -2.66. The second kappa shape index (κ2) is 7.55. The summed E-state index contributed by atoms with van der Waals surface area (Å²) < 4.78 is 46.4. The van der Waals surface area contributed by atoms with Crippen molar-refractivity contribution in [2.45, 2.75) is 38.9 Å². The topological polar surface area (TPSA) is 34.4 Å². The van der Waals surface area contributed by atoms with Crippen molar-refractivity contribution in [3.8, 4) is 0 Å². The third-order valence-corrected chi connectivity index (χ3v) is 2.57. The zero-order chi connectivity index (χ0) is 14.3. The number of aryl methyl sites for hydroxylation is 1. The number of ether oxygens (including phenoxy) is 1. The van der Waals surface area contributed by atoms with E-state index in [0.29, 0.717) is 12.3 Å². The molecule has 0 aromatic carbocycles. The Labute approximate surface area is 111 Å². The van der Waals surface area contributed by atoms with Crippen molar-refractivity contribution in [3.05, 3.63) is 23.7 Å². The quantitative estimate of drug-likeness (QED) is 0.791. The molecule has 0 bridgehead atoms. The molecule has 0 amide bonds. The zero-order valence-electron chi connectivity index (χ0n) is 11.2. The second-order valence-electron chi connectivity index (χ2n) is 4.29. The van der Waals surface area contributed by atoms with Gasteiger partial charge in [0.05, 0.1) is 12.6 Å². The van der Waals surface area contributed by atoms with Gasteiger partial charge in [-0.3, -0.25) is 0 Å². The molecule has 0 saturated heterocycles. The Morgan fingerprint density at radius 1 is 1.32 bits per heavy atom. The summed E-state index contributed by atoms with van der Waals surface area (Å²) in [6, 6.07) is 3.27. The van der Waals surface area contributed by atoms with E-state index in [-0.39, 0.29) is 12.6 Å². The van der Waals surface area contributed by atoms with E-state index in [4.69, 9.17) is 9.15 Å². The average molecular weight is 279 g/mol. The van der Waals surface area contributed by atoms with Crippen LogP contribution in [0.4, 0.5) is 13.2 Å². The second-order valence-corrected chi connectivity index (χ2v) is 4.29. The van der Waals surface area contributed by atoms with Crippen LogP contribution in [0, 0.1) is 0 Å². The fourth-order valence-corrected chi connectivity index (χ4v) is 1.62. The molecule has 0 aliphatic rings. The van der Waals surface area contributed by atoms with E-state index in [9.17, 15) is 13.2 Å². The van der Waals surface area contributed by atoms with Gasteiger partial charge in [0.2, 0.25) is 0 Å². The maximum absolute atomic E-state index is 12.1. The van der Waals surface area contributed by atoms with E-state index in [1.807, 2.05) is 19.9 Å². The third-order valence-electron chi connectivity index (χ3n) is 2.57. The Morgan fingerprint density at radius 2 is 2.05 bits per heavy atom. The van der Waals surface area contributed by atoms with Crippen LogP contribution in [0.2, 0.25) is 0 Å². The third kappa shape index (κ3) is 6.11. The molecule has 1 atom stereocenters. The van der Waals surface area contributed by atoms with Crippen molar-refractivity contribution in [1.82, 2.24) is 5.32 Å². The van der Waals surface area contributed by atoms with Gasteiger partial charge in [-0.25, -0.2) is 0 Å². The van der Waals surface area contributed by atoms with Gasteiger partial charge in [0.1, 0.15) is 18.1 Å². The Bertz CT molecular complexity index is 363. The summed E-state index contributed by atoms with van der Waals surface area (Å²) in [6.45, 7) is 3.34. The van der Waals surface area contributed by atoms with Gasteiger partial charge in [-0.05, 0) is 25.1 Å². The zero-order valence-corrected chi connectivity index (χ0v) is 11.2. The lowest BCUT2D eigenvalue weighted by molar-refractivity contribution is -0.175. The molecule has 1 rings (SSSR count). The lowest BCUT2D eigenvalue weighted by atomic mass is 10.2. The molecule has 0 fully saturated rings. The normalized spacial score (nSPS) is 13.7. The van der Waals surface area contributed by atoms with Crippen LogP contribution in [0.15, 0.2) is 16.5 Å². The van der Waals surface area contributed by atoms with Gasteiger partial charge in [0.15, 0.2) is 0 Å². The Balaban J connectivity index is 2.55. The molecule has 110 valence electrons. The number of furan rings is 1. The highest BCUT2D eigenvalue weighted by Gasteiger charge is 2.28. The van der Waals surface area contributed by atoms with Crippen LogP contribution in [-0.2, 0) is 11.2 Å². The number of rotatable bonds is 8. The predicted molar refractivity (Wildman–Crippen MR) is 66.0 cm³/mol. The van der Waals surface area contributed by atoms with Crippen LogP contribution in [0.1, 0.15) is 37.8 Å². The molecule has 0 aliphatic heterocycles. The molecule has 6 heteroatoms. The van der Waals surface area contributed by atoms with Gasteiger partial charge in [0, 0.05) is 6.42 Å². The molecule has 0 aliphatic carbocycles. The van der Waals surface area contributed by atoms with E-state index >= 15 is 0 Å². The Morgan fingerprint density at radius 3 is 2.58 bits per heavy atom. The molecule has 0 saturated carbocycles. The molecule has 3 nitrogen and oxygen atoms in total. The molecular weight excluding hydrogens is 259 g/mol. The highest BCUT2D eigenvalue weighted by molar-refractivity contribution is 5.11. The van der Waals surface area contributed by atoms with Crippen LogP contribution >= 0.6 is 0 Å². The minimum absolute atomic E-state index is 0.0593. The lowest BCUT2D eigenvalue weighted by Crippen LogP contribution is -2.28. The van der Waals surface area contributed by atoms with Crippen molar-refractivity contribution in [2.75, 3.05) is 19.8 Å². The SMILES string of the molecule is CCCNC(COCC(F)(F)F)c1ccc(CC)o1. The highest BCUT2D eigenvalue weighted by Crippen LogP contribution is 2.20. The maximum atomic E-state index is 12.1.